The van der Waals surface area contributed by atoms with Crippen molar-refractivity contribution in [3.8, 4) is 0 Å². The van der Waals surface area contributed by atoms with Gasteiger partial charge in [0.25, 0.3) is 0 Å². The molecule has 2 aromatic carbocycles. The van der Waals surface area contributed by atoms with E-state index in [4.69, 9.17) is 13.6 Å². The van der Waals surface area contributed by atoms with E-state index in [1.54, 1.807) is 6.08 Å². The molecule has 64 heavy (non-hydrogen) atoms. The molecule has 0 aromatic heterocycles. The molecule has 0 aliphatic heterocycles. The highest BCUT2D eigenvalue weighted by molar-refractivity contribution is 6.74. The second kappa shape index (κ2) is 26.1. The predicted molar refractivity (Wildman–Crippen MR) is 279 cm³/mol. The molecule has 2 aliphatic rings. The number of aryl methyl sites for hydroxylation is 2. The van der Waals surface area contributed by atoms with Crippen LogP contribution in [0.2, 0.25) is 36.3 Å². The van der Waals surface area contributed by atoms with Gasteiger partial charge >= 0.3 is 5.97 Å². The number of hydrogen-bond acceptors (Lipinski definition) is 5. The SMILES string of the molecule is C=CCCC(=O)O[C@H]1C[C@@H](C)[C@H](CC[C@H](CCc2ccccc2)O[Si](C)(C)C(C)(C)C)[C@H]1CC=C.C=CC[C@@H]1[C@@H](CC[C@H](CCc2ccccc2)O[Si](C)(C)C(C)(C)C)[C@H](C)C[C@@H]1O. The fourth-order valence-electron chi connectivity index (χ4n) is 9.89. The van der Waals surface area contributed by atoms with Crippen molar-refractivity contribution in [1.29, 1.82) is 0 Å². The minimum absolute atomic E-state index is 0.00519. The maximum Gasteiger partial charge on any atom is 0.306 e. The second-order valence-electron chi connectivity index (χ2n) is 22.8. The smallest absolute Gasteiger partial charge is 0.306 e. The van der Waals surface area contributed by atoms with Gasteiger partial charge in [0.2, 0.25) is 0 Å². The quantitative estimate of drug-likeness (QED) is 0.0646. The number of hydrogen-bond donors (Lipinski definition) is 1. The van der Waals surface area contributed by atoms with E-state index in [0.29, 0.717) is 54.5 Å². The van der Waals surface area contributed by atoms with Gasteiger partial charge in [0.1, 0.15) is 6.10 Å². The summed E-state index contributed by atoms with van der Waals surface area (Å²) in [6.45, 7) is 39.7. The molecule has 4 rings (SSSR count). The summed E-state index contributed by atoms with van der Waals surface area (Å²) in [4.78, 5) is 12.3. The first-order chi connectivity index (χ1) is 30.0. The van der Waals surface area contributed by atoms with Crippen molar-refractivity contribution < 1.29 is 23.5 Å². The molecule has 0 bridgehead atoms. The van der Waals surface area contributed by atoms with Gasteiger partial charge in [-0.1, -0.05) is 134 Å². The van der Waals surface area contributed by atoms with Crippen LogP contribution in [0, 0.1) is 35.5 Å². The Morgan fingerprint density at radius 3 is 1.50 bits per heavy atom. The van der Waals surface area contributed by atoms with E-state index in [1.807, 2.05) is 12.2 Å². The number of carbonyl (C=O) groups is 1. The molecule has 2 aliphatic carbocycles. The number of aliphatic hydroxyl groups excluding tert-OH is 1. The average molecular weight is 916 g/mol. The molecule has 5 nitrogen and oxygen atoms in total. The van der Waals surface area contributed by atoms with E-state index in [2.05, 4.69) is 162 Å². The van der Waals surface area contributed by atoms with Crippen molar-refractivity contribution in [2.24, 2.45) is 35.5 Å². The van der Waals surface area contributed by atoms with Crippen LogP contribution in [0.5, 0.6) is 0 Å². The normalized spacial score (nSPS) is 24.9. The van der Waals surface area contributed by atoms with Gasteiger partial charge in [0, 0.05) is 24.5 Å². The van der Waals surface area contributed by atoms with Gasteiger partial charge in [0.05, 0.1) is 6.10 Å². The maximum absolute atomic E-state index is 12.3. The van der Waals surface area contributed by atoms with Gasteiger partial charge in [-0.05, 0) is 160 Å². The van der Waals surface area contributed by atoms with E-state index in [1.165, 1.54) is 11.1 Å². The van der Waals surface area contributed by atoms with Gasteiger partial charge in [-0.3, -0.25) is 4.79 Å². The van der Waals surface area contributed by atoms with Gasteiger partial charge in [-0.15, -0.1) is 19.7 Å². The van der Waals surface area contributed by atoms with Gasteiger partial charge in [-0.2, -0.15) is 0 Å². The summed E-state index contributed by atoms with van der Waals surface area (Å²) in [5.41, 5.74) is 2.77. The van der Waals surface area contributed by atoms with Crippen molar-refractivity contribution in [2.75, 3.05) is 0 Å². The topological polar surface area (TPSA) is 65.0 Å². The zero-order valence-corrected chi connectivity index (χ0v) is 44.9. The Hall–Kier alpha value is -2.56. The summed E-state index contributed by atoms with van der Waals surface area (Å²) in [7, 11) is -3.69. The molecular formula is C57H94O5Si2. The fourth-order valence-corrected chi connectivity index (χ4v) is 12.7. The lowest BCUT2D eigenvalue weighted by Crippen LogP contribution is -2.44. The standard InChI is InChI=1S/C31H50O3Si.C26H44O2Si/c1-9-11-18-30(32)33-29-23-24(3)27(28(29)15-10-2)22-21-26(34-35(7,8)31(4,5)6)20-19-25-16-13-12-14-17-25;1-8-12-24-23(20(2)19-25(24)27)18-17-22(28-29(6,7)26(3,4)5)16-15-21-13-10-9-11-14-21/h9-10,12-14,16-17,24,26-29H,1-2,11,15,18-23H2,3-8H3;8-11,13-14,20,22-25,27H,1,12,15-19H2,2-7H3/t24-,26+,27+,28-,29+;20-,22+,23+,24-,25+/m11/s1. The molecule has 360 valence electrons. The predicted octanol–water partition coefficient (Wildman–Crippen LogP) is 15.5. The average Bonchev–Trinajstić information content (AvgIpc) is 3.66. The molecule has 0 spiro atoms. The zero-order valence-electron chi connectivity index (χ0n) is 42.9. The highest BCUT2D eigenvalue weighted by atomic mass is 28.4. The van der Waals surface area contributed by atoms with Crippen molar-refractivity contribution in [2.45, 2.75) is 206 Å². The number of rotatable bonds is 24. The first-order valence-electron chi connectivity index (χ1n) is 25.2. The molecular weight excluding hydrogens is 821 g/mol. The molecule has 0 unspecified atom stereocenters. The molecule has 0 heterocycles. The van der Waals surface area contributed by atoms with Gasteiger partial charge in [-0.25, -0.2) is 0 Å². The van der Waals surface area contributed by atoms with E-state index >= 15 is 0 Å². The van der Waals surface area contributed by atoms with Crippen LogP contribution < -0.4 is 0 Å². The minimum atomic E-state index is -1.87. The van der Waals surface area contributed by atoms with Gasteiger partial charge in [0.15, 0.2) is 16.6 Å². The molecule has 2 saturated carbocycles. The maximum atomic E-state index is 12.3. The Bertz CT molecular complexity index is 1660. The number of aliphatic hydroxyl groups is 1. The summed E-state index contributed by atoms with van der Waals surface area (Å²) >= 11 is 0. The molecule has 7 heteroatoms. The van der Waals surface area contributed by atoms with Crippen LogP contribution in [-0.2, 0) is 31.2 Å². The Labute approximate surface area is 395 Å². The lowest BCUT2D eigenvalue weighted by atomic mass is 9.83. The summed E-state index contributed by atoms with van der Waals surface area (Å²) in [5, 5.41) is 10.9. The van der Waals surface area contributed by atoms with Crippen molar-refractivity contribution >= 4 is 22.6 Å². The highest BCUT2D eigenvalue weighted by Gasteiger charge is 2.44. The molecule has 2 aromatic rings. The molecule has 0 saturated heterocycles. The molecule has 1 N–H and O–H groups in total. The third-order valence-electron chi connectivity index (χ3n) is 15.8. The third-order valence-corrected chi connectivity index (χ3v) is 24.9. The van der Waals surface area contributed by atoms with E-state index in [0.717, 1.165) is 77.0 Å². The van der Waals surface area contributed by atoms with Crippen LogP contribution in [0.3, 0.4) is 0 Å². The van der Waals surface area contributed by atoms with Crippen molar-refractivity contribution in [3.63, 3.8) is 0 Å². The Morgan fingerprint density at radius 2 is 1.08 bits per heavy atom. The van der Waals surface area contributed by atoms with E-state index < -0.39 is 16.6 Å². The third kappa shape index (κ3) is 17.6. The first kappa shape index (κ1) is 55.8. The van der Waals surface area contributed by atoms with E-state index in [9.17, 15) is 9.90 Å². The molecule has 2 fully saturated rings. The number of ether oxygens (including phenoxy) is 1. The van der Waals surface area contributed by atoms with Crippen LogP contribution in [0.1, 0.15) is 144 Å². The zero-order chi connectivity index (χ0) is 47.7. The van der Waals surface area contributed by atoms with Crippen molar-refractivity contribution in [1.82, 2.24) is 0 Å². The Morgan fingerprint density at radius 1 is 0.656 bits per heavy atom. The number of esters is 1. The lowest BCUT2D eigenvalue weighted by molar-refractivity contribution is -0.151. The number of allylic oxidation sites excluding steroid dienone is 3. The minimum Gasteiger partial charge on any atom is -0.462 e. The Kier molecular flexibility index (Phi) is 22.8. The lowest BCUT2D eigenvalue weighted by Gasteiger charge is -2.40. The van der Waals surface area contributed by atoms with Gasteiger partial charge < -0.3 is 18.7 Å². The monoisotopic (exact) mass is 915 g/mol. The van der Waals surface area contributed by atoms with Crippen LogP contribution in [0.4, 0.5) is 0 Å². The summed E-state index contributed by atoms with van der Waals surface area (Å²) < 4.78 is 19.8. The second-order valence-corrected chi connectivity index (χ2v) is 32.3. The Balaban J connectivity index is 0.000000346. The molecule has 0 amide bonds. The van der Waals surface area contributed by atoms with Crippen LogP contribution in [0.25, 0.3) is 0 Å². The largest absolute Gasteiger partial charge is 0.462 e. The molecule has 10 atom stereocenters. The first-order valence-corrected chi connectivity index (χ1v) is 31.0. The van der Waals surface area contributed by atoms with Crippen LogP contribution in [-0.4, -0.2) is 52.1 Å². The highest BCUT2D eigenvalue weighted by Crippen LogP contribution is 2.46. The summed E-state index contributed by atoms with van der Waals surface area (Å²) in [6, 6.07) is 21.5. The van der Waals surface area contributed by atoms with Crippen molar-refractivity contribution in [3.05, 3.63) is 110 Å². The summed E-state index contributed by atoms with van der Waals surface area (Å²) in [6.07, 6.45) is 19.5. The number of carbonyl (C=O) groups excluding carboxylic acids is 1. The summed E-state index contributed by atoms with van der Waals surface area (Å²) in [5.74, 6) is 2.82. The number of benzene rings is 2. The van der Waals surface area contributed by atoms with Crippen LogP contribution >= 0.6 is 0 Å². The fraction of sp³-hybridized carbons (Fsp3) is 0.667. The van der Waals surface area contributed by atoms with Crippen LogP contribution in [0.15, 0.2) is 98.6 Å². The molecule has 0 radical (unpaired) electrons. The van der Waals surface area contributed by atoms with E-state index in [-0.39, 0.29) is 34.4 Å².